The fraction of sp³-hybridized carbons (Fsp3) is 0.818. The highest BCUT2D eigenvalue weighted by atomic mass is 32.2. The Morgan fingerprint density at radius 1 is 1.69 bits per heavy atom. The van der Waals surface area contributed by atoms with Crippen molar-refractivity contribution < 1.29 is 4.79 Å². The van der Waals surface area contributed by atoms with Crippen LogP contribution in [0.25, 0.3) is 0 Å². The molecule has 92 valence electrons. The summed E-state index contributed by atoms with van der Waals surface area (Å²) < 4.78 is 0. The Bertz CT molecular complexity index is 256. The highest BCUT2D eigenvalue weighted by Crippen LogP contribution is 2.13. The molecule has 1 rings (SSSR count). The van der Waals surface area contributed by atoms with Crippen molar-refractivity contribution in [2.24, 2.45) is 4.99 Å². The first-order valence-corrected chi connectivity index (χ1v) is 6.91. The molecule has 1 amide bonds. The molecule has 1 heterocycles. The molecule has 4 nitrogen and oxygen atoms in total. The molecule has 1 saturated heterocycles. The molecule has 0 aliphatic carbocycles. The third-order valence-corrected chi connectivity index (χ3v) is 3.29. The highest BCUT2D eigenvalue weighted by molar-refractivity contribution is 8.13. The summed E-state index contributed by atoms with van der Waals surface area (Å²) in [4.78, 5) is 15.7. The Hall–Kier alpha value is -0.710. The van der Waals surface area contributed by atoms with Crippen molar-refractivity contribution in [2.75, 3.05) is 18.8 Å². The number of aliphatic imine (C=N–C) groups is 1. The Balaban J connectivity index is 2.17. The number of carbonyl (C=O) groups is 1. The first-order chi connectivity index (χ1) is 7.72. The van der Waals surface area contributed by atoms with E-state index in [4.69, 9.17) is 0 Å². The number of hydrogen-bond acceptors (Lipinski definition) is 3. The second kappa shape index (κ2) is 7.54. The first-order valence-electron chi connectivity index (χ1n) is 5.93. The molecule has 0 spiro atoms. The lowest BCUT2D eigenvalue weighted by atomic mass is 10.3. The van der Waals surface area contributed by atoms with Crippen LogP contribution in [-0.4, -0.2) is 36.0 Å². The van der Waals surface area contributed by atoms with Gasteiger partial charge >= 0.3 is 0 Å². The van der Waals surface area contributed by atoms with Crippen LogP contribution in [0.15, 0.2) is 4.99 Å². The molecule has 0 saturated carbocycles. The van der Waals surface area contributed by atoms with Gasteiger partial charge in [0.25, 0.3) is 0 Å². The fourth-order valence-corrected chi connectivity index (χ4v) is 2.49. The normalized spacial score (nSPS) is 22.9. The number of amidine groups is 1. The van der Waals surface area contributed by atoms with Gasteiger partial charge in [-0.15, -0.1) is 0 Å². The predicted octanol–water partition coefficient (Wildman–Crippen LogP) is 1.37. The minimum atomic E-state index is 0.0973. The summed E-state index contributed by atoms with van der Waals surface area (Å²) in [6, 6.07) is 0.508. The van der Waals surface area contributed by atoms with Crippen LogP contribution < -0.4 is 10.6 Å². The maximum atomic E-state index is 11.3. The maximum Gasteiger partial charge on any atom is 0.221 e. The summed E-state index contributed by atoms with van der Waals surface area (Å²) in [5.74, 6) is 1.22. The summed E-state index contributed by atoms with van der Waals surface area (Å²) in [5.41, 5.74) is 0. The standard InChI is InChI=1S/C11H21N3OS/c1-3-6-12-10(15)4-7-13-11-14-9(2)5-8-16-11/h9H,3-8H2,1-2H3,(H,12,15)(H,13,14). The minimum absolute atomic E-state index is 0.0973. The van der Waals surface area contributed by atoms with E-state index in [1.54, 1.807) is 11.8 Å². The van der Waals surface area contributed by atoms with E-state index in [2.05, 4.69) is 22.5 Å². The third kappa shape index (κ3) is 5.39. The van der Waals surface area contributed by atoms with Crippen molar-refractivity contribution >= 4 is 22.8 Å². The van der Waals surface area contributed by atoms with Gasteiger partial charge in [-0.2, -0.15) is 0 Å². The first kappa shape index (κ1) is 13.4. The van der Waals surface area contributed by atoms with Gasteiger partial charge in [-0.3, -0.25) is 9.79 Å². The zero-order valence-corrected chi connectivity index (χ0v) is 10.9. The molecule has 0 aromatic heterocycles. The van der Waals surface area contributed by atoms with Crippen molar-refractivity contribution in [1.29, 1.82) is 0 Å². The van der Waals surface area contributed by atoms with E-state index >= 15 is 0 Å². The Labute approximate surface area is 102 Å². The van der Waals surface area contributed by atoms with Gasteiger partial charge in [0.1, 0.15) is 0 Å². The van der Waals surface area contributed by atoms with E-state index in [1.165, 1.54) is 6.42 Å². The van der Waals surface area contributed by atoms with Crippen molar-refractivity contribution in [2.45, 2.75) is 39.2 Å². The maximum absolute atomic E-state index is 11.3. The zero-order valence-electron chi connectivity index (χ0n) is 10.1. The molecule has 0 bridgehead atoms. The molecule has 0 aromatic carbocycles. The van der Waals surface area contributed by atoms with Gasteiger partial charge in [-0.05, 0) is 19.8 Å². The van der Waals surface area contributed by atoms with Crippen LogP contribution in [0.5, 0.6) is 0 Å². The van der Waals surface area contributed by atoms with Gasteiger partial charge in [0, 0.05) is 24.8 Å². The number of nitrogens with zero attached hydrogens (tertiary/aromatic N) is 1. The predicted molar refractivity (Wildman–Crippen MR) is 69.9 cm³/mol. The summed E-state index contributed by atoms with van der Waals surface area (Å²) in [7, 11) is 0. The topological polar surface area (TPSA) is 53.5 Å². The Morgan fingerprint density at radius 2 is 2.50 bits per heavy atom. The van der Waals surface area contributed by atoms with E-state index in [0.717, 1.165) is 23.9 Å². The van der Waals surface area contributed by atoms with Crippen molar-refractivity contribution in [1.82, 2.24) is 10.6 Å². The van der Waals surface area contributed by atoms with Crippen LogP contribution in [0.1, 0.15) is 33.1 Å². The number of amides is 1. The molecular formula is C11H21N3OS. The number of thioether (sulfide) groups is 1. The average molecular weight is 243 g/mol. The van der Waals surface area contributed by atoms with E-state index in [1.807, 2.05) is 6.92 Å². The Morgan fingerprint density at radius 3 is 3.19 bits per heavy atom. The molecule has 1 aliphatic rings. The number of carbonyl (C=O) groups excluding carboxylic acids is 1. The SMILES string of the molecule is CCCNC(=O)CCN=C1NC(C)CCS1. The minimum Gasteiger partial charge on any atom is -0.362 e. The quantitative estimate of drug-likeness (QED) is 0.767. The van der Waals surface area contributed by atoms with E-state index in [9.17, 15) is 4.79 Å². The highest BCUT2D eigenvalue weighted by Gasteiger charge is 2.12. The molecule has 1 fully saturated rings. The molecular weight excluding hydrogens is 222 g/mol. The van der Waals surface area contributed by atoms with Crippen LogP contribution in [0.2, 0.25) is 0 Å². The summed E-state index contributed by atoms with van der Waals surface area (Å²) in [6.45, 7) is 5.55. The van der Waals surface area contributed by atoms with Gasteiger partial charge in [-0.1, -0.05) is 18.7 Å². The van der Waals surface area contributed by atoms with Crippen molar-refractivity contribution in [3.63, 3.8) is 0 Å². The lowest BCUT2D eigenvalue weighted by molar-refractivity contribution is -0.120. The van der Waals surface area contributed by atoms with E-state index in [0.29, 0.717) is 19.0 Å². The zero-order chi connectivity index (χ0) is 11.8. The molecule has 1 unspecified atom stereocenters. The van der Waals surface area contributed by atoms with Gasteiger partial charge in [0.2, 0.25) is 5.91 Å². The third-order valence-electron chi connectivity index (χ3n) is 2.33. The fourth-order valence-electron chi connectivity index (χ4n) is 1.36. The molecule has 5 heteroatoms. The van der Waals surface area contributed by atoms with Crippen molar-refractivity contribution in [3.05, 3.63) is 0 Å². The molecule has 1 atom stereocenters. The molecule has 2 N–H and O–H groups in total. The molecule has 1 aliphatic heterocycles. The molecule has 16 heavy (non-hydrogen) atoms. The van der Waals surface area contributed by atoms with Gasteiger partial charge in [-0.25, -0.2) is 0 Å². The summed E-state index contributed by atoms with van der Waals surface area (Å²) >= 11 is 1.74. The lowest BCUT2D eigenvalue weighted by Crippen LogP contribution is -2.35. The second-order valence-corrected chi connectivity index (χ2v) is 5.05. The lowest BCUT2D eigenvalue weighted by Gasteiger charge is -2.21. The number of rotatable bonds is 5. The van der Waals surface area contributed by atoms with Crippen LogP contribution >= 0.6 is 11.8 Å². The van der Waals surface area contributed by atoms with Crippen molar-refractivity contribution in [3.8, 4) is 0 Å². The average Bonchev–Trinajstić information content (AvgIpc) is 2.26. The largest absolute Gasteiger partial charge is 0.362 e. The summed E-state index contributed by atoms with van der Waals surface area (Å²) in [6.07, 6.45) is 2.65. The Kier molecular flexibility index (Phi) is 6.30. The number of hydrogen-bond donors (Lipinski definition) is 2. The number of nitrogens with one attached hydrogen (secondary N) is 2. The van der Waals surface area contributed by atoms with Crippen LogP contribution in [0.4, 0.5) is 0 Å². The summed E-state index contributed by atoms with van der Waals surface area (Å²) in [5, 5.41) is 7.15. The monoisotopic (exact) mass is 243 g/mol. The van der Waals surface area contributed by atoms with E-state index < -0.39 is 0 Å². The van der Waals surface area contributed by atoms with E-state index in [-0.39, 0.29) is 5.91 Å². The van der Waals surface area contributed by atoms with Crippen LogP contribution in [0, 0.1) is 0 Å². The second-order valence-electron chi connectivity index (χ2n) is 3.97. The molecule has 0 radical (unpaired) electrons. The van der Waals surface area contributed by atoms with Gasteiger partial charge < -0.3 is 10.6 Å². The van der Waals surface area contributed by atoms with Gasteiger partial charge in [0.05, 0.1) is 6.54 Å². The smallest absolute Gasteiger partial charge is 0.221 e. The molecule has 0 aromatic rings. The van der Waals surface area contributed by atoms with Crippen LogP contribution in [-0.2, 0) is 4.79 Å². The van der Waals surface area contributed by atoms with Crippen LogP contribution in [0.3, 0.4) is 0 Å². The van der Waals surface area contributed by atoms with Gasteiger partial charge in [0.15, 0.2) is 5.17 Å².